The van der Waals surface area contributed by atoms with Crippen molar-refractivity contribution in [3.05, 3.63) is 24.3 Å². The molecule has 0 radical (unpaired) electrons. The van der Waals surface area contributed by atoms with Gasteiger partial charge < -0.3 is 25.4 Å². The third-order valence-electron chi connectivity index (χ3n) is 4.31. The van der Waals surface area contributed by atoms with Gasteiger partial charge in [0.15, 0.2) is 0 Å². The van der Waals surface area contributed by atoms with Crippen LogP contribution in [0.15, 0.2) is 24.3 Å². The summed E-state index contributed by atoms with van der Waals surface area (Å²) in [7, 11) is 3.27. The van der Waals surface area contributed by atoms with E-state index in [0.29, 0.717) is 25.4 Å². The van der Waals surface area contributed by atoms with E-state index < -0.39 is 0 Å². The highest BCUT2D eigenvalue weighted by Gasteiger charge is 2.25. The molecule has 1 amide bonds. The molecule has 3 N–H and O–H groups in total. The molecule has 1 aliphatic rings. The Bertz CT molecular complexity index is 506. The molecule has 0 aliphatic carbocycles. The Labute approximate surface area is 137 Å². The number of para-hydroxylation sites is 2. The van der Waals surface area contributed by atoms with Gasteiger partial charge in [-0.05, 0) is 24.5 Å². The Hall–Kier alpha value is -1.79. The molecule has 0 bridgehead atoms. The summed E-state index contributed by atoms with van der Waals surface area (Å²) >= 11 is 0. The number of hydrogen-bond donors (Lipinski definition) is 2. The van der Waals surface area contributed by atoms with Crippen molar-refractivity contribution in [2.75, 3.05) is 45.3 Å². The predicted octanol–water partition coefficient (Wildman–Crippen LogP) is 1.00. The third-order valence-corrected chi connectivity index (χ3v) is 4.31. The summed E-state index contributed by atoms with van der Waals surface area (Å²) in [6.07, 6.45) is 1.17. The highest BCUT2D eigenvalue weighted by molar-refractivity contribution is 5.76. The Balaban J connectivity index is 1.80. The van der Waals surface area contributed by atoms with Crippen molar-refractivity contribution in [2.24, 2.45) is 11.7 Å². The number of benzene rings is 1. The predicted molar refractivity (Wildman–Crippen MR) is 90.8 cm³/mol. The van der Waals surface area contributed by atoms with Crippen molar-refractivity contribution in [1.29, 1.82) is 0 Å². The molecule has 1 aromatic rings. The Morgan fingerprint density at radius 2 is 2.22 bits per heavy atom. The monoisotopic (exact) mass is 321 g/mol. The van der Waals surface area contributed by atoms with E-state index in [9.17, 15) is 4.79 Å². The van der Waals surface area contributed by atoms with Crippen molar-refractivity contribution >= 4 is 11.6 Å². The van der Waals surface area contributed by atoms with Crippen LogP contribution >= 0.6 is 0 Å². The average Bonchev–Trinajstić information content (AvgIpc) is 3.06. The molecule has 23 heavy (non-hydrogen) atoms. The lowest BCUT2D eigenvalue weighted by Gasteiger charge is -2.21. The zero-order valence-corrected chi connectivity index (χ0v) is 14.0. The Morgan fingerprint density at radius 1 is 1.43 bits per heavy atom. The molecule has 1 saturated heterocycles. The number of carbonyl (C=O) groups excluding carboxylic acids is 1. The van der Waals surface area contributed by atoms with E-state index in [-0.39, 0.29) is 12.0 Å². The number of hydrogen-bond acceptors (Lipinski definition) is 5. The Morgan fingerprint density at radius 3 is 2.91 bits per heavy atom. The molecule has 1 aromatic carbocycles. The van der Waals surface area contributed by atoms with E-state index in [2.05, 4.69) is 16.3 Å². The first-order chi connectivity index (χ1) is 11.2. The topological polar surface area (TPSA) is 76.8 Å². The van der Waals surface area contributed by atoms with Gasteiger partial charge in [-0.1, -0.05) is 12.1 Å². The van der Waals surface area contributed by atoms with Gasteiger partial charge >= 0.3 is 0 Å². The summed E-state index contributed by atoms with van der Waals surface area (Å²) in [6, 6.07) is 8.04. The zero-order chi connectivity index (χ0) is 16.7. The highest BCUT2D eigenvalue weighted by atomic mass is 16.5. The molecule has 2 atom stereocenters. The summed E-state index contributed by atoms with van der Waals surface area (Å²) < 4.78 is 10.6. The minimum absolute atomic E-state index is 0.00181. The normalized spacial score (nSPS) is 18.7. The summed E-state index contributed by atoms with van der Waals surface area (Å²) in [4.78, 5) is 14.2. The zero-order valence-electron chi connectivity index (χ0n) is 14.0. The van der Waals surface area contributed by atoms with Crippen LogP contribution in [0.25, 0.3) is 0 Å². The van der Waals surface area contributed by atoms with Gasteiger partial charge in [0.05, 0.1) is 25.3 Å². The lowest BCUT2D eigenvalue weighted by Crippen LogP contribution is -2.35. The van der Waals surface area contributed by atoms with Crippen molar-refractivity contribution in [3.8, 4) is 5.75 Å². The van der Waals surface area contributed by atoms with Gasteiger partial charge in [-0.15, -0.1) is 0 Å². The fraction of sp³-hybridized carbons (Fsp3) is 0.588. The standard InChI is InChI=1S/C17H27N3O3/c1-22-14(10-18)9-17(21)19-11-13-7-8-20(12-13)15-5-3-4-6-16(15)23-2/h3-6,13-14H,7-12,18H2,1-2H3,(H,19,21). The van der Waals surface area contributed by atoms with Crippen LogP contribution < -0.4 is 20.7 Å². The molecule has 6 nitrogen and oxygen atoms in total. The fourth-order valence-corrected chi connectivity index (χ4v) is 2.91. The fourth-order valence-electron chi connectivity index (χ4n) is 2.91. The van der Waals surface area contributed by atoms with Gasteiger partial charge in [0.1, 0.15) is 5.75 Å². The van der Waals surface area contributed by atoms with Crippen LogP contribution in [-0.4, -0.2) is 52.4 Å². The van der Waals surface area contributed by atoms with Gasteiger partial charge in [-0.25, -0.2) is 0 Å². The van der Waals surface area contributed by atoms with Crippen LogP contribution in [0, 0.1) is 5.92 Å². The molecular weight excluding hydrogens is 294 g/mol. The van der Waals surface area contributed by atoms with Gasteiger partial charge in [0, 0.05) is 33.3 Å². The van der Waals surface area contributed by atoms with Crippen LogP contribution in [0.2, 0.25) is 0 Å². The number of methoxy groups -OCH3 is 2. The number of nitrogens with one attached hydrogen (secondary N) is 1. The highest BCUT2D eigenvalue weighted by Crippen LogP contribution is 2.31. The molecule has 128 valence electrons. The first-order valence-electron chi connectivity index (χ1n) is 8.05. The smallest absolute Gasteiger partial charge is 0.222 e. The van der Waals surface area contributed by atoms with E-state index in [1.54, 1.807) is 14.2 Å². The van der Waals surface area contributed by atoms with Gasteiger partial charge in [0.25, 0.3) is 0 Å². The van der Waals surface area contributed by atoms with Crippen LogP contribution in [0.5, 0.6) is 5.75 Å². The first-order valence-corrected chi connectivity index (χ1v) is 8.05. The molecule has 1 heterocycles. The molecule has 0 saturated carbocycles. The molecule has 0 spiro atoms. The lowest BCUT2D eigenvalue weighted by atomic mass is 10.1. The van der Waals surface area contributed by atoms with Gasteiger partial charge in [-0.2, -0.15) is 0 Å². The number of rotatable bonds is 8. The molecule has 1 aliphatic heterocycles. The molecular formula is C17H27N3O3. The summed E-state index contributed by atoms with van der Waals surface area (Å²) in [6.45, 7) is 2.94. The lowest BCUT2D eigenvalue weighted by molar-refractivity contribution is -0.123. The maximum atomic E-state index is 11.9. The SMILES string of the molecule is COc1ccccc1N1CCC(CNC(=O)CC(CN)OC)C1. The number of ether oxygens (including phenoxy) is 2. The van der Waals surface area contributed by atoms with Crippen LogP contribution in [0.1, 0.15) is 12.8 Å². The molecule has 2 rings (SSSR count). The van der Waals surface area contributed by atoms with Crippen LogP contribution in [0.4, 0.5) is 5.69 Å². The maximum Gasteiger partial charge on any atom is 0.222 e. The third kappa shape index (κ3) is 4.84. The second kappa shape index (κ2) is 8.74. The largest absolute Gasteiger partial charge is 0.495 e. The molecule has 1 fully saturated rings. The van der Waals surface area contributed by atoms with Crippen LogP contribution in [0.3, 0.4) is 0 Å². The van der Waals surface area contributed by atoms with E-state index in [0.717, 1.165) is 30.9 Å². The van der Waals surface area contributed by atoms with E-state index in [1.807, 2.05) is 18.2 Å². The van der Waals surface area contributed by atoms with Gasteiger partial charge in [-0.3, -0.25) is 4.79 Å². The van der Waals surface area contributed by atoms with Crippen molar-refractivity contribution in [1.82, 2.24) is 5.32 Å². The van der Waals surface area contributed by atoms with E-state index in [4.69, 9.17) is 15.2 Å². The number of amides is 1. The number of nitrogens with two attached hydrogens (primary N) is 1. The molecule has 6 heteroatoms. The van der Waals surface area contributed by atoms with E-state index in [1.165, 1.54) is 0 Å². The number of nitrogens with zero attached hydrogens (tertiary/aromatic N) is 1. The van der Waals surface area contributed by atoms with Gasteiger partial charge in [0.2, 0.25) is 5.91 Å². The summed E-state index contributed by atoms with van der Waals surface area (Å²) in [5, 5.41) is 2.99. The Kier molecular flexibility index (Phi) is 6.67. The first kappa shape index (κ1) is 17.6. The summed E-state index contributed by atoms with van der Waals surface area (Å²) in [5.74, 6) is 1.34. The molecule has 0 aromatic heterocycles. The number of carbonyl (C=O) groups is 1. The van der Waals surface area contributed by atoms with Crippen molar-refractivity contribution in [3.63, 3.8) is 0 Å². The summed E-state index contributed by atoms with van der Waals surface area (Å²) in [5.41, 5.74) is 6.65. The average molecular weight is 321 g/mol. The van der Waals surface area contributed by atoms with Crippen molar-refractivity contribution in [2.45, 2.75) is 18.9 Å². The maximum absolute atomic E-state index is 11.9. The quantitative estimate of drug-likeness (QED) is 0.747. The molecule has 2 unspecified atom stereocenters. The van der Waals surface area contributed by atoms with Crippen LogP contribution in [-0.2, 0) is 9.53 Å². The second-order valence-electron chi connectivity index (χ2n) is 5.87. The van der Waals surface area contributed by atoms with Crippen molar-refractivity contribution < 1.29 is 14.3 Å². The minimum atomic E-state index is -0.205. The second-order valence-corrected chi connectivity index (χ2v) is 5.87. The van der Waals surface area contributed by atoms with E-state index >= 15 is 0 Å². The number of anilines is 1. The minimum Gasteiger partial charge on any atom is -0.495 e.